The van der Waals surface area contributed by atoms with Crippen LogP contribution in [0.5, 0.6) is 0 Å². The van der Waals surface area contributed by atoms with Gasteiger partial charge < -0.3 is 5.73 Å². The minimum atomic E-state index is 0.150. The first-order valence-electron chi connectivity index (χ1n) is 5.71. The van der Waals surface area contributed by atoms with Crippen molar-refractivity contribution in [3.63, 3.8) is 0 Å². The van der Waals surface area contributed by atoms with Crippen LogP contribution in [0.2, 0.25) is 0 Å². The fraction of sp³-hybridized carbons (Fsp3) is 0.462. The van der Waals surface area contributed by atoms with Gasteiger partial charge in [-0.15, -0.1) is 0 Å². The molecule has 1 heterocycles. The second-order valence-electron chi connectivity index (χ2n) is 4.37. The molecule has 3 heteroatoms. The third-order valence-corrected chi connectivity index (χ3v) is 3.21. The van der Waals surface area contributed by atoms with E-state index in [1.807, 2.05) is 18.2 Å². The van der Waals surface area contributed by atoms with Crippen molar-refractivity contribution in [3.05, 3.63) is 35.9 Å². The third kappa shape index (κ3) is 2.41. The summed E-state index contributed by atoms with van der Waals surface area (Å²) in [5.41, 5.74) is 7.03. The van der Waals surface area contributed by atoms with Crippen LogP contribution >= 0.6 is 0 Å². The number of hydrogen-bond acceptors (Lipinski definition) is 3. The Balaban J connectivity index is 2.02. The molecule has 0 spiro atoms. The number of nitriles is 1. The molecule has 1 aliphatic heterocycles. The standard InChI is InChI=1S/C13H17N3/c14-7-12-6-13(8-15)16(10-12)9-11-4-2-1-3-5-11/h1-5,12-13H,6,8-10,15H2/t12-,13-/m1/s1. The molecule has 2 atom stereocenters. The molecule has 2 N–H and O–H groups in total. The predicted octanol–water partition coefficient (Wildman–Crippen LogP) is 1.36. The molecule has 0 unspecified atom stereocenters. The van der Waals surface area contributed by atoms with Crippen LogP contribution in [-0.2, 0) is 6.54 Å². The Morgan fingerprint density at radius 2 is 2.12 bits per heavy atom. The monoisotopic (exact) mass is 215 g/mol. The van der Waals surface area contributed by atoms with E-state index in [4.69, 9.17) is 11.0 Å². The zero-order chi connectivity index (χ0) is 11.4. The summed E-state index contributed by atoms with van der Waals surface area (Å²) in [6, 6.07) is 13.1. The van der Waals surface area contributed by atoms with Gasteiger partial charge in [0.2, 0.25) is 0 Å². The molecule has 0 aliphatic carbocycles. The van der Waals surface area contributed by atoms with Crippen LogP contribution in [0, 0.1) is 17.2 Å². The molecule has 84 valence electrons. The smallest absolute Gasteiger partial charge is 0.0669 e. The molecule has 1 saturated heterocycles. The second kappa shape index (κ2) is 5.11. The van der Waals surface area contributed by atoms with Gasteiger partial charge in [-0.3, -0.25) is 4.90 Å². The van der Waals surface area contributed by atoms with Gasteiger partial charge in [0.15, 0.2) is 0 Å². The van der Waals surface area contributed by atoms with Crippen molar-refractivity contribution in [1.82, 2.24) is 4.90 Å². The van der Waals surface area contributed by atoms with Crippen molar-refractivity contribution in [2.24, 2.45) is 11.7 Å². The van der Waals surface area contributed by atoms with E-state index in [1.54, 1.807) is 0 Å². The molecule has 0 saturated carbocycles. The molecule has 1 fully saturated rings. The quantitative estimate of drug-likeness (QED) is 0.828. The van der Waals surface area contributed by atoms with Gasteiger partial charge in [-0.05, 0) is 12.0 Å². The van der Waals surface area contributed by atoms with E-state index in [1.165, 1.54) is 5.56 Å². The van der Waals surface area contributed by atoms with Crippen molar-refractivity contribution < 1.29 is 0 Å². The lowest BCUT2D eigenvalue weighted by molar-refractivity contribution is 0.248. The lowest BCUT2D eigenvalue weighted by atomic mass is 10.1. The molecule has 0 amide bonds. The van der Waals surface area contributed by atoms with Crippen LogP contribution in [0.3, 0.4) is 0 Å². The third-order valence-electron chi connectivity index (χ3n) is 3.21. The summed E-state index contributed by atoms with van der Waals surface area (Å²) in [4.78, 5) is 2.32. The fourth-order valence-electron chi connectivity index (χ4n) is 2.33. The Morgan fingerprint density at radius 3 is 2.75 bits per heavy atom. The largest absolute Gasteiger partial charge is 0.329 e. The van der Waals surface area contributed by atoms with Gasteiger partial charge in [-0.1, -0.05) is 30.3 Å². The van der Waals surface area contributed by atoms with Crippen molar-refractivity contribution in [2.45, 2.75) is 19.0 Å². The molecule has 0 bridgehead atoms. The van der Waals surface area contributed by atoms with Gasteiger partial charge in [0, 0.05) is 25.7 Å². The Labute approximate surface area is 96.5 Å². The lowest BCUT2D eigenvalue weighted by Crippen LogP contribution is -2.34. The highest BCUT2D eigenvalue weighted by Crippen LogP contribution is 2.23. The first-order valence-corrected chi connectivity index (χ1v) is 5.71. The topological polar surface area (TPSA) is 53.1 Å². The zero-order valence-electron chi connectivity index (χ0n) is 9.34. The highest BCUT2D eigenvalue weighted by atomic mass is 15.2. The van der Waals surface area contributed by atoms with Gasteiger partial charge in [0.1, 0.15) is 0 Å². The van der Waals surface area contributed by atoms with Crippen molar-refractivity contribution in [2.75, 3.05) is 13.1 Å². The molecule has 1 aromatic rings. The number of rotatable bonds is 3. The first kappa shape index (κ1) is 11.1. The van der Waals surface area contributed by atoms with E-state index < -0.39 is 0 Å². The highest BCUT2D eigenvalue weighted by molar-refractivity contribution is 5.15. The van der Waals surface area contributed by atoms with Crippen LogP contribution in [0.4, 0.5) is 0 Å². The number of likely N-dealkylation sites (tertiary alicyclic amines) is 1. The average Bonchev–Trinajstić information content (AvgIpc) is 2.73. The summed E-state index contributed by atoms with van der Waals surface area (Å²) in [5, 5.41) is 8.95. The Kier molecular flexibility index (Phi) is 3.55. The maximum atomic E-state index is 8.95. The van der Waals surface area contributed by atoms with Crippen molar-refractivity contribution in [3.8, 4) is 6.07 Å². The van der Waals surface area contributed by atoms with E-state index >= 15 is 0 Å². The minimum Gasteiger partial charge on any atom is -0.329 e. The summed E-state index contributed by atoms with van der Waals surface area (Å²) in [6.07, 6.45) is 0.917. The molecular weight excluding hydrogens is 198 g/mol. The van der Waals surface area contributed by atoms with E-state index in [0.717, 1.165) is 19.5 Å². The number of benzene rings is 1. The van der Waals surface area contributed by atoms with E-state index in [-0.39, 0.29) is 5.92 Å². The maximum Gasteiger partial charge on any atom is 0.0669 e. The van der Waals surface area contributed by atoms with E-state index in [0.29, 0.717) is 12.6 Å². The Hall–Kier alpha value is -1.37. The van der Waals surface area contributed by atoms with Crippen molar-refractivity contribution in [1.29, 1.82) is 5.26 Å². The molecule has 0 radical (unpaired) electrons. The second-order valence-corrected chi connectivity index (χ2v) is 4.37. The summed E-state index contributed by atoms with van der Waals surface area (Å²) in [5.74, 6) is 0.150. The molecular formula is C13H17N3. The fourth-order valence-corrected chi connectivity index (χ4v) is 2.33. The number of nitrogens with two attached hydrogens (primary N) is 1. The van der Waals surface area contributed by atoms with E-state index in [9.17, 15) is 0 Å². The lowest BCUT2D eigenvalue weighted by Gasteiger charge is -2.22. The number of hydrogen-bond donors (Lipinski definition) is 1. The van der Waals surface area contributed by atoms with Crippen LogP contribution in [0.1, 0.15) is 12.0 Å². The molecule has 0 aromatic heterocycles. The molecule has 16 heavy (non-hydrogen) atoms. The van der Waals surface area contributed by atoms with Crippen LogP contribution in [0.15, 0.2) is 30.3 Å². The van der Waals surface area contributed by atoms with Crippen molar-refractivity contribution >= 4 is 0 Å². The summed E-state index contributed by atoms with van der Waals surface area (Å²) in [6.45, 7) is 2.40. The summed E-state index contributed by atoms with van der Waals surface area (Å²) in [7, 11) is 0. The summed E-state index contributed by atoms with van der Waals surface area (Å²) < 4.78 is 0. The summed E-state index contributed by atoms with van der Waals surface area (Å²) >= 11 is 0. The first-order chi connectivity index (χ1) is 7.83. The molecule has 3 nitrogen and oxygen atoms in total. The Bertz CT molecular complexity index is 369. The average molecular weight is 215 g/mol. The van der Waals surface area contributed by atoms with Crippen LogP contribution in [-0.4, -0.2) is 24.0 Å². The normalized spacial score (nSPS) is 25.5. The highest BCUT2D eigenvalue weighted by Gasteiger charge is 2.30. The maximum absolute atomic E-state index is 8.95. The number of nitrogens with zero attached hydrogens (tertiary/aromatic N) is 2. The van der Waals surface area contributed by atoms with Gasteiger partial charge >= 0.3 is 0 Å². The molecule has 1 aromatic carbocycles. The van der Waals surface area contributed by atoms with Gasteiger partial charge in [-0.2, -0.15) is 5.26 Å². The molecule has 1 aliphatic rings. The van der Waals surface area contributed by atoms with Gasteiger partial charge in [-0.25, -0.2) is 0 Å². The SMILES string of the molecule is N#C[C@H]1C[C@H](CN)N(Cc2ccccc2)C1. The minimum absolute atomic E-state index is 0.150. The van der Waals surface area contributed by atoms with E-state index in [2.05, 4.69) is 23.1 Å². The molecule has 2 rings (SSSR count). The van der Waals surface area contributed by atoms with Crippen LogP contribution in [0.25, 0.3) is 0 Å². The zero-order valence-corrected chi connectivity index (χ0v) is 9.34. The van der Waals surface area contributed by atoms with Gasteiger partial charge in [0.25, 0.3) is 0 Å². The van der Waals surface area contributed by atoms with Gasteiger partial charge in [0.05, 0.1) is 12.0 Å². The Morgan fingerprint density at radius 1 is 1.38 bits per heavy atom. The predicted molar refractivity (Wildman–Crippen MR) is 63.4 cm³/mol. The van der Waals surface area contributed by atoms with Crippen LogP contribution < -0.4 is 5.73 Å².